The molecule has 1 aliphatic rings. The summed E-state index contributed by atoms with van der Waals surface area (Å²) in [5.41, 5.74) is -1.23. The number of aromatic carboxylic acids is 1. The van der Waals surface area contributed by atoms with Crippen molar-refractivity contribution in [3.05, 3.63) is 35.0 Å². The van der Waals surface area contributed by atoms with Gasteiger partial charge in [-0.25, -0.2) is 23.4 Å². The number of carbonyl (C=O) groups excluding carboxylic acids is 1. The maximum Gasteiger partial charge on any atom is 0.412 e. The standard InChI is InChI=1S/C20H22F2N2O5S/c1-20(2,3)29-19(27)24-17-15(18(25)26)23-16(30-17)14-12(21)8-11(9-13(14)22)10-4-6-28-7-5-10/h8-10H,4-7H2,1-3H3,(H,24,27)(H,25,26). The molecule has 3 rings (SSSR count). The third-order valence-electron chi connectivity index (χ3n) is 4.42. The molecule has 2 aromatic rings. The molecule has 30 heavy (non-hydrogen) atoms. The van der Waals surface area contributed by atoms with E-state index in [-0.39, 0.29) is 15.9 Å². The molecule has 0 aliphatic carbocycles. The molecule has 2 N–H and O–H groups in total. The second-order valence-electron chi connectivity index (χ2n) is 7.87. The molecule has 0 spiro atoms. The second-order valence-corrected chi connectivity index (χ2v) is 8.87. The van der Waals surface area contributed by atoms with Crippen LogP contribution in [-0.4, -0.2) is 41.0 Å². The highest BCUT2D eigenvalue weighted by Gasteiger charge is 2.27. The van der Waals surface area contributed by atoms with Gasteiger partial charge in [0, 0.05) is 13.2 Å². The highest BCUT2D eigenvalue weighted by molar-refractivity contribution is 7.19. The van der Waals surface area contributed by atoms with Crippen LogP contribution >= 0.6 is 11.3 Å². The maximum atomic E-state index is 14.8. The van der Waals surface area contributed by atoms with Crippen molar-refractivity contribution in [2.24, 2.45) is 0 Å². The van der Waals surface area contributed by atoms with Crippen molar-refractivity contribution < 1.29 is 33.0 Å². The van der Waals surface area contributed by atoms with Gasteiger partial charge >= 0.3 is 12.1 Å². The molecule has 1 saturated heterocycles. The molecule has 0 radical (unpaired) electrons. The molecule has 0 atom stereocenters. The second kappa shape index (κ2) is 8.65. The minimum atomic E-state index is -1.44. The summed E-state index contributed by atoms with van der Waals surface area (Å²) in [5, 5.41) is 11.3. The van der Waals surface area contributed by atoms with Crippen LogP contribution in [0, 0.1) is 11.6 Å². The van der Waals surface area contributed by atoms with Crippen LogP contribution in [0.2, 0.25) is 0 Å². The van der Waals surface area contributed by atoms with Crippen molar-refractivity contribution in [3.63, 3.8) is 0 Å². The number of aromatic nitrogens is 1. The first-order valence-electron chi connectivity index (χ1n) is 9.36. The third-order valence-corrected chi connectivity index (χ3v) is 5.40. The Morgan fingerprint density at radius 3 is 2.37 bits per heavy atom. The lowest BCUT2D eigenvalue weighted by atomic mass is 9.91. The van der Waals surface area contributed by atoms with Crippen molar-refractivity contribution in [2.75, 3.05) is 18.5 Å². The van der Waals surface area contributed by atoms with Gasteiger partial charge in [0.25, 0.3) is 0 Å². The summed E-state index contributed by atoms with van der Waals surface area (Å²) in [6, 6.07) is 2.49. The van der Waals surface area contributed by atoms with E-state index in [0.717, 1.165) is 0 Å². The molecule has 1 aliphatic heterocycles. The van der Waals surface area contributed by atoms with Crippen molar-refractivity contribution in [2.45, 2.75) is 45.1 Å². The number of amides is 1. The Bertz CT molecular complexity index is 942. The van der Waals surface area contributed by atoms with Crippen LogP contribution < -0.4 is 5.32 Å². The summed E-state index contributed by atoms with van der Waals surface area (Å²) in [6.45, 7) is 6.00. The molecular formula is C20H22F2N2O5S. The van der Waals surface area contributed by atoms with E-state index in [9.17, 15) is 23.5 Å². The lowest BCUT2D eigenvalue weighted by Gasteiger charge is -2.22. The highest BCUT2D eigenvalue weighted by atomic mass is 32.1. The van der Waals surface area contributed by atoms with E-state index in [1.165, 1.54) is 12.1 Å². The number of carboxylic acids is 1. The lowest BCUT2D eigenvalue weighted by molar-refractivity contribution is 0.0636. The van der Waals surface area contributed by atoms with E-state index in [1.807, 2.05) is 0 Å². The summed E-state index contributed by atoms with van der Waals surface area (Å²) in [5.74, 6) is -3.13. The molecule has 162 valence electrons. The largest absolute Gasteiger partial charge is 0.476 e. The van der Waals surface area contributed by atoms with Gasteiger partial charge in [-0.05, 0) is 57.2 Å². The summed E-state index contributed by atoms with van der Waals surface area (Å²) in [4.78, 5) is 27.4. The predicted molar refractivity (Wildman–Crippen MR) is 107 cm³/mol. The number of hydrogen-bond acceptors (Lipinski definition) is 6. The molecule has 0 saturated carbocycles. The summed E-state index contributed by atoms with van der Waals surface area (Å²) >= 11 is 0.661. The monoisotopic (exact) mass is 440 g/mol. The normalized spacial score (nSPS) is 15.1. The van der Waals surface area contributed by atoms with Gasteiger partial charge in [0.05, 0.1) is 5.56 Å². The first kappa shape index (κ1) is 22.1. The van der Waals surface area contributed by atoms with Gasteiger partial charge in [0.15, 0.2) is 5.69 Å². The molecule has 10 heteroatoms. The molecular weight excluding hydrogens is 418 g/mol. The highest BCUT2D eigenvalue weighted by Crippen LogP contribution is 2.38. The number of carbonyl (C=O) groups is 2. The molecule has 7 nitrogen and oxygen atoms in total. The van der Waals surface area contributed by atoms with E-state index < -0.39 is 40.6 Å². The van der Waals surface area contributed by atoms with E-state index in [0.29, 0.717) is 43.0 Å². The molecule has 1 aromatic carbocycles. The van der Waals surface area contributed by atoms with Gasteiger partial charge < -0.3 is 14.6 Å². The van der Waals surface area contributed by atoms with Gasteiger partial charge in [0.2, 0.25) is 0 Å². The number of benzene rings is 1. The number of hydrogen-bond donors (Lipinski definition) is 2. The fraction of sp³-hybridized carbons (Fsp3) is 0.450. The van der Waals surface area contributed by atoms with Gasteiger partial charge in [-0.1, -0.05) is 11.3 Å². The number of halogens is 2. The van der Waals surface area contributed by atoms with E-state index >= 15 is 0 Å². The molecule has 1 amide bonds. The van der Waals surface area contributed by atoms with Crippen molar-refractivity contribution in [1.29, 1.82) is 0 Å². The van der Waals surface area contributed by atoms with Gasteiger partial charge in [0.1, 0.15) is 27.2 Å². The maximum absolute atomic E-state index is 14.8. The number of nitrogens with zero attached hydrogens (tertiary/aromatic N) is 1. The number of thiazole rings is 1. The fourth-order valence-corrected chi connectivity index (χ4v) is 4.11. The smallest absolute Gasteiger partial charge is 0.412 e. The number of carboxylic acid groups (broad SMARTS) is 1. The molecule has 1 aromatic heterocycles. The predicted octanol–water partition coefficient (Wildman–Crippen LogP) is 5.03. The minimum absolute atomic E-state index is 0.00734. The number of nitrogens with one attached hydrogen (secondary N) is 1. The zero-order chi connectivity index (χ0) is 22.1. The Morgan fingerprint density at radius 2 is 1.83 bits per heavy atom. The summed E-state index contributed by atoms with van der Waals surface area (Å²) in [6.07, 6.45) is 0.446. The van der Waals surface area contributed by atoms with Crippen molar-refractivity contribution in [1.82, 2.24) is 4.98 Å². The molecule has 0 unspecified atom stereocenters. The van der Waals surface area contributed by atoms with Crippen molar-refractivity contribution in [3.8, 4) is 10.6 Å². The van der Waals surface area contributed by atoms with E-state index in [2.05, 4.69) is 10.3 Å². The van der Waals surface area contributed by atoms with Crippen LogP contribution in [0.5, 0.6) is 0 Å². The molecule has 1 fully saturated rings. The Hall–Kier alpha value is -2.59. The lowest BCUT2D eigenvalue weighted by Crippen LogP contribution is -2.27. The Labute approximate surface area is 176 Å². The zero-order valence-electron chi connectivity index (χ0n) is 16.8. The first-order valence-corrected chi connectivity index (χ1v) is 10.2. The number of anilines is 1. The number of ether oxygens (including phenoxy) is 2. The third kappa shape index (κ3) is 5.11. The van der Waals surface area contributed by atoms with E-state index in [1.54, 1.807) is 20.8 Å². The van der Waals surface area contributed by atoms with Crippen LogP contribution in [0.1, 0.15) is 55.6 Å². The number of rotatable bonds is 4. The van der Waals surface area contributed by atoms with Crippen LogP contribution in [-0.2, 0) is 9.47 Å². The van der Waals surface area contributed by atoms with Crippen molar-refractivity contribution >= 4 is 28.4 Å². The topological polar surface area (TPSA) is 97.8 Å². The minimum Gasteiger partial charge on any atom is -0.476 e. The van der Waals surface area contributed by atoms with Crippen LogP contribution in [0.15, 0.2) is 12.1 Å². The zero-order valence-corrected chi connectivity index (χ0v) is 17.6. The van der Waals surface area contributed by atoms with E-state index in [4.69, 9.17) is 9.47 Å². The fourth-order valence-electron chi connectivity index (χ4n) is 3.12. The van der Waals surface area contributed by atoms with Crippen LogP contribution in [0.25, 0.3) is 10.6 Å². The Kier molecular flexibility index (Phi) is 6.37. The molecule has 0 bridgehead atoms. The van der Waals surface area contributed by atoms with Crippen LogP contribution in [0.3, 0.4) is 0 Å². The quantitative estimate of drug-likeness (QED) is 0.692. The average molecular weight is 440 g/mol. The Morgan fingerprint density at radius 1 is 1.23 bits per heavy atom. The SMILES string of the molecule is CC(C)(C)OC(=O)Nc1sc(-c2c(F)cc(C3CCOCC3)cc2F)nc1C(=O)O. The summed E-state index contributed by atoms with van der Waals surface area (Å²) in [7, 11) is 0. The Balaban J connectivity index is 1.93. The van der Waals surface area contributed by atoms with Crippen LogP contribution in [0.4, 0.5) is 18.6 Å². The van der Waals surface area contributed by atoms with Gasteiger partial charge in [-0.3, -0.25) is 5.32 Å². The summed E-state index contributed by atoms with van der Waals surface area (Å²) < 4.78 is 40.0. The molecule has 2 heterocycles. The van der Waals surface area contributed by atoms with Gasteiger partial charge in [-0.15, -0.1) is 0 Å². The van der Waals surface area contributed by atoms with Gasteiger partial charge in [-0.2, -0.15) is 0 Å². The average Bonchev–Trinajstić information content (AvgIpc) is 3.03. The first-order chi connectivity index (χ1) is 14.0.